The molecule has 3 rings (SSSR count). The fraction of sp³-hybridized carbons (Fsp3) is 0.158. The Balaban J connectivity index is 1.95. The lowest BCUT2D eigenvalue weighted by molar-refractivity contribution is 0.919. The molecular weight excluding hydrogens is 284 g/mol. The molecule has 0 atom stereocenters. The van der Waals surface area contributed by atoms with E-state index in [1.54, 1.807) is 6.33 Å². The van der Waals surface area contributed by atoms with Crippen LogP contribution in [0.25, 0.3) is 0 Å². The van der Waals surface area contributed by atoms with E-state index < -0.39 is 0 Å². The van der Waals surface area contributed by atoms with Crippen LogP contribution in [0.2, 0.25) is 0 Å². The maximum atomic E-state index is 4.36. The van der Waals surface area contributed by atoms with Gasteiger partial charge in [0.2, 0.25) is 0 Å². The van der Waals surface area contributed by atoms with Crippen LogP contribution in [-0.4, -0.2) is 24.1 Å². The summed E-state index contributed by atoms with van der Waals surface area (Å²) in [5, 5.41) is 3.53. The van der Waals surface area contributed by atoms with Gasteiger partial charge in [-0.05, 0) is 11.1 Å². The first-order valence-electron chi connectivity index (χ1n) is 7.60. The van der Waals surface area contributed by atoms with E-state index in [-0.39, 0.29) is 6.04 Å². The summed E-state index contributed by atoms with van der Waals surface area (Å²) < 4.78 is 0. The molecule has 0 amide bonds. The highest BCUT2D eigenvalue weighted by atomic mass is 15.2. The highest BCUT2D eigenvalue weighted by Crippen LogP contribution is 2.26. The zero-order chi connectivity index (χ0) is 16.1. The third-order valence-corrected chi connectivity index (χ3v) is 3.67. The van der Waals surface area contributed by atoms with Crippen molar-refractivity contribution in [3.05, 3.63) is 84.2 Å². The van der Waals surface area contributed by atoms with Crippen LogP contribution < -0.4 is 10.2 Å². The second-order valence-corrected chi connectivity index (χ2v) is 5.55. The summed E-state index contributed by atoms with van der Waals surface area (Å²) >= 11 is 0. The van der Waals surface area contributed by atoms with Gasteiger partial charge < -0.3 is 10.2 Å². The van der Waals surface area contributed by atoms with Crippen LogP contribution in [0, 0.1) is 0 Å². The second-order valence-electron chi connectivity index (χ2n) is 5.55. The van der Waals surface area contributed by atoms with Gasteiger partial charge in [0.1, 0.15) is 18.0 Å². The Bertz CT molecular complexity index is 702. The molecule has 0 unspecified atom stereocenters. The van der Waals surface area contributed by atoms with Crippen molar-refractivity contribution >= 4 is 11.6 Å². The number of rotatable bonds is 5. The second kappa shape index (κ2) is 6.92. The molecule has 3 aromatic rings. The molecule has 4 heteroatoms. The lowest BCUT2D eigenvalue weighted by Gasteiger charge is -2.21. The minimum Gasteiger partial charge on any atom is -0.363 e. The molecule has 23 heavy (non-hydrogen) atoms. The number of hydrogen-bond acceptors (Lipinski definition) is 4. The maximum absolute atomic E-state index is 4.36. The van der Waals surface area contributed by atoms with Crippen molar-refractivity contribution in [2.75, 3.05) is 24.3 Å². The largest absolute Gasteiger partial charge is 0.363 e. The van der Waals surface area contributed by atoms with E-state index >= 15 is 0 Å². The molecule has 0 aliphatic heterocycles. The fourth-order valence-corrected chi connectivity index (χ4v) is 2.47. The first-order chi connectivity index (χ1) is 11.2. The zero-order valence-electron chi connectivity index (χ0n) is 13.3. The monoisotopic (exact) mass is 304 g/mol. The van der Waals surface area contributed by atoms with Gasteiger partial charge >= 0.3 is 0 Å². The summed E-state index contributed by atoms with van der Waals surface area (Å²) in [6.07, 6.45) is 1.59. The molecule has 2 aromatic carbocycles. The third-order valence-electron chi connectivity index (χ3n) is 3.67. The summed E-state index contributed by atoms with van der Waals surface area (Å²) in [6.45, 7) is 0. The van der Waals surface area contributed by atoms with Crippen molar-refractivity contribution in [1.82, 2.24) is 9.97 Å². The number of anilines is 2. The molecule has 116 valence electrons. The quantitative estimate of drug-likeness (QED) is 0.779. The maximum Gasteiger partial charge on any atom is 0.133 e. The molecule has 0 bridgehead atoms. The van der Waals surface area contributed by atoms with Crippen LogP contribution in [0.4, 0.5) is 11.6 Å². The highest BCUT2D eigenvalue weighted by Gasteiger charge is 2.14. The Labute approximate surface area is 136 Å². The van der Waals surface area contributed by atoms with E-state index in [9.17, 15) is 0 Å². The average molecular weight is 304 g/mol. The van der Waals surface area contributed by atoms with Crippen LogP contribution in [-0.2, 0) is 0 Å². The summed E-state index contributed by atoms with van der Waals surface area (Å²) in [7, 11) is 3.94. The van der Waals surface area contributed by atoms with Gasteiger partial charge in [0.05, 0.1) is 6.04 Å². The van der Waals surface area contributed by atoms with Gasteiger partial charge in [-0.2, -0.15) is 0 Å². The average Bonchev–Trinajstić information content (AvgIpc) is 2.61. The van der Waals surface area contributed by atoms with E-state index in [1.807, 2.05) is 37.2 Å². The van der Waals surface area contributed by atoms with Crippen LogP contribution in [0.1, 0.15) is 17.2 Å². The summed E-state index contributed by atoms with van der Waals surface area (Å²) in [4.78, 5) is 10.6. The zero-order valence-corrected chi connectivity index (χ0v) is 13.3. The minimum atomic E-state index is 0.0438. The number of aromatic nitrogens is 2. The molecule has 1 N–H and O–H groups in total. The van der Waals surface area contributed by atoms with Crippen molar-refractivity contribution in [2.45, 2.75) is 6.04 Å². The third kappa shape index (κ3) is 3.66. The molecule has 1 heterocycles. The van der Waals surface area contributed by atoms with Gasteiger partial charge in [-0.3, -0.25) is 0 Å². The van der Waals surface area contributed by atoms with Crippen LogP contribution in [0.5, 0.6) is 0 Å². The Hall–Kier alpha value is -2.88. The first-order valence-corrected chi connectivity index (χ1v) is 7.60. The molecule has 0 aliphatic rings. The van der Waals surface area contributed by atoms with Crippen LogP contribution in [0.3, 0.4) is 0 Å². The van der Waals surface area contributed by atoms with E-state index in [1.165, 1.54) is 11.1 Å². The van der Waals surface area contributed by atoms with Gasteiger partial charge in [-0.1, -0.05) is 60.7 Å². The Kier molecular flexibility index (Phi) is 4.52. The van der Waals surface area contributed by atoms with Gasteiger partial charge in [-0.15, -0.1) is 0 Å². The number of benzene rings is 2. The van der Waals surface area contributed by atoms with E-state index in [4.69, 9.17) is 0 Å². The molecule has 1 aromatic heterocycles. The molecule has 0 radical (unpaired) electrons. The summed E-state index contributed by atoms with van der Waals surface area (Å²) in [5.41, 5.74) is 2.40. The molecule has 0 saturated carbocycles. The smallest absolute Gasteiger partial charge is 0.133 e. The summed E-state index contributed by atoms with van der Waals surface area (Å²) in [6, 6.07) is 22.8. The van der Waals surface area contributed by atoms with Crippen molar-refractivity contribution < 1.29 is 0 Å². The molecule has 4 nitrogen and oxygen atoms in total. The van der Waals surface area contributed by atoms with E-state index in [0.717, 1.165) is 11.6 Å². The molecular formula is C19H20N4. The SMILES string of the molecule is CN(C)c1cc(NC(c2ccccc2)c2ccccc2)ncn1. The molecule has 0 fully saturated rings. The molecule has 0 spiro atoms. The normalized spacial score (nSPS) is 10.6. The standard InChI is InChI=1S/C19H20N4/c1-23(2)18-13-17(20-14-21-18)22-19(15-9-5-3-6-10-15)16-11-7-4-8-12-16/h3-14,19H,1-2H3,(H,20,21,22). The van der Waals surface area contributed by atoms with Crippen LogP contribution >= 0.6 is 0 Å². The van der Waals surface area contributed by atoms with Gasteiger partial charge in [0.15, 0.2) is 0 Å². The van der Waals surface area contributed by atoms with Crippen molar-refractivity contribution in [3.8, 4) is 0 Å². The van der Waals surface area contributed by atoms with Crippen molar-refractivity contribution in [2.24, 2.45) is 0 Å². The number of nitrogens with one attached hydrogen (secondary N) is 1. The van der Waals surface area contributed by atoms with E-state index in [2.05, 4.69) is 63.8 Å². The Morgan fingerprint density at radius 3 is 1.91 bits per heavy atom. The number of nitrogens with zero attached hydrogens (tertiary/aromatic N) is 3. The predicted octanol–water partition coefficient (Wildman–Crippen LogP) is 3.74. The first kappa shape index (κ1) is 15.0. The van der Waals surface area contributed by atoms with Gasteiger partial charge in [0.25, 0.3) is 0 Å². The Morgan fingerprint density at radius 1 is 0.826 bits per heavy atom. The lowest BCUT2D eigenvalue weighted by Crippen LogP contribution is -2.15. The molecule has 0 saturated heterocycles. The van der Waals surface area contributed by atoms with Gasteiger partial charge in [0, 0.05) is 20.2 Å². The van der Waals surface area contributed by atoms with Crippen molar-refractivity contribution in [3.63, 3.8) is 0 Å². The predicted molar refractivity (Wildman–Crippen MR) is 94.7 cm³/mol. The topological polar surface area (TPSA) is 41.0 Å². The lowest BCUT2D eigenvalue weighted by atomic mass is 9.99. The molecule has 0 aliphatic carbocycles. The van der Waals surface area contributed by atoms with Crippen LogP contribution in [0.15, 0.2) is 73.1 Å². The minimum absolute atomic E-state index is 0.0438. The van der Waals surface area contributed by atoms with Gasteiger partial charge in [-0.25, -0.2) is 9.97 Å². The fourth-order valence-electron chi connectivity index (χ4n) is 2.47. The highest BCUT2D eigenvalue weighted by molar-refractivity contribution is 5.50. The van der Waals surface area contributed by atoms with E-state index in [0.29, 0.717) is 0 Å². The van der Waals surface area contributed by atoms with Crippen molar-refractivity contribution in [1.29, 1.82) is 0 Å². The summed E-state index contributed by atoms with van der Waals surface area (Å²) in [5.74, 6) is 1.68. The Morgan fingerprint density at radius 2 is 1.39 bits per heavy atom. The number of hydrogen-bond donors (Lipinski definition) is 1.